The van der Waals surface area contributed by atoms with E-state index < -0.39 is 11.7 Å². The molecule has 98 valence electrons. The van der Waals surface area contributed by atoms with Gasteiger partial charge < -0.3 is 10.1 Å². The molecule has 1 aromatic heterocycles. The van der Waals surface area contributed by atoms with Crippen LogP contribution in [-0.4, -0.2) is 18.0 Å². The topological polar surface area (TPSA) is 51.2 Å². The minimum absolute atomic E-state index is 0.0521. The minimum atomic E-state index is -0.637. The summed E-state index contributed by atoms with van der Waals surface area (Å²) in [5, 5.41) is 2.56. The van der Waals surface area contributed by atoms with Crippen LogP contribution in [0.25, 0.3) is 0 Å². The zero-order valence-corrected chi connectivity index (χ0v) is 11.6. The van der Waals surface area contributed by atoms with E-state index in [1.54, 1.807) is 12.1 Å². The van der Waals surface area contributed by atoms with Gasteiger partial charge in [0.1, 0.15) is 16.2 Å². The number of nitrogens with zero attached hydrogens (tertiary/aromatic N) is 1. The molecule has 2 rings (SSSR count). The van der Waals surface area contributed by atoms with Crippen molar-refractivity contribution in [1.82, 2.24) is 4.98 Å². The number of ether oxygens (including phenoxy) is 1. The minimum Gasteiger partial charge on any atom is -0.497 e. The number of hydrogen-bond donors (Lipinski definition) is 1. The number of aromatic nitrogens is 1. The summed E-state index contributed by atoms with van der Waals surface area (Å²) in [6.07, 6.45) is 1.48. The van der Waals surface area contributed by atoms with Gasteiger partial charge in [0.25, 0.3) is 5.91 Å². The number of carbonyl (C=O) groups is 1. The second-order valence-corrected chi connectivity index (χ2v) is 4.48. The van der Waals surface area contributed by atoms with E-state index in [2.05, 4.69) is 26.2 Å². The van der Waals surface area contributed by atoms with E-state index in [0.29, 0.717) is 16.0 Å². The number of methoxy groups -OCH3 is 1. The molecule has 0 unspecified atom stereocenters. The molecule has 4 nitrogen and oxygen atoms in total. The van der Waals surface area contributed by atoms with Crippen molar-refractivity contribution in [2.24, 2.45) is 0 Å². The van der Waals surface area contributed by atoms with Crippen molar-refractivity contribution in [3.05, 3.63) is 52.5 Å². The van der Waals surface area contributed by atoms with Crippen molar-refractivity contribution in [1.29, 1.82) is 0 Å². The molecule has 1 amide bonds. The predicted octanol–water partition coefficient (Wildman–Crippen LogP) is 3.24. The average molecular weight is 325 g/mol. The third-order valence-electron chi connectivity index (χ3n) is 2.41. The van der Waals surface area contributed by atoms with E-state index in [0.717, 1.165) is 6.07 Å². The van der Waals surface area contributed by atoms with Gasteiger partial charge in [-0.25, -0.2) is 9.37 Å². The Balaban J connectivity index is 2.18. The van der Waals surface area contributed by atoms with Crippen molar-refractivity contribution in [2.45, 2.75) is 0 Å². The first-order valence-corrected chi connectivity index (χ1v) is 6.16. The van der Waals surface area contributed by atoms with E-state index in [4.69, 9.17) is 4.74 Å². The van der Waals surface area contributed by atoms with Gasteiger partial charge >= 0.3 is 0 Å². The Morgan fingerprint density at radius 3 is 2.74 bits per heavy atom. The molecule has 0 aliphatic heterocycles. The first-order chi connectivity index (χ1) is 9.10. The van der Waals surface area contributed by atoms with Crippen LogP contribution in [0, 0.1) is 5.82 Å². The van der Waals surface area contributed by atoms with Crippen LogP contribution in [0.15, 0.2) is 41.1 Å². The van der Waals surface area contributed by atoms with Crippen LogP contribution < -0.4 is 10.1 Å². The maximum atomic E-state index is 13.7. The number of carbonyl (C=O) groups excluding carboxylic acids is 1. The summed E-state index contributed by atoms with van der Waals surface area (Å²) < 4.78 is 19.2. The second kappa shape index (κ2) is 5.79. The van der Waals surface area contributed by atoms with Crippen LogP contribution in [0.5, 0.6) is 5.75 Å². The van der Waals surface area contributed by atoms with Crippen molar-refractivity contribution >= 4 is 27.5 Å². The van der Waals surface area contributed by atoms with Crippen LogP contribution in [-0.2, 0) is 0 Å². The summed E-state index contributed by atoms with van der Waals surface area (Å²) in [6, 6.07) is 7.40. The summed E-state index contributed by atoms with van der Waals surface area (Å²) in [6.45, 7) is 0. The maximum Gasteiger partial charge on any atom is 0.258 e. The molecule has 0 spiro atoms. The zero-order chi connectivity index (χ0) is 13.8. The third kappa shape index (κ3) is 3.29. The molecule has 6 heteroatoms. The van der Waals surface area contributed by atoms with E-state index in [9.17, 15) is 9.18 Å². The SMILES string of the molecule is COc1ccc(C(=O)Nc2ccc(Br)nc2)c(F)c1. The van der Waals surface area contributed by atoms with Crippen molar-refractivity contribution in [3.63, 3.8) is 0 Å². The highest BCUT2D eigenvalue weighted by Crippen LogP contribution is 2.18. The van der Waals surface area contributed by atoms with Crippen LogP contribution in [0.4, 0.5) is 10.1 Å². The summed E-state index contributed by atoms with van der Waals surface area (Å²) in [7, 11) is 1.43. The fourth-order valence-corrected chi connectivity index (χ4v) is 1.69. The third-order valence-corrected chi connectivity index (χ3v) is 2.88. The highest BCUT2D eigenvalue weighted by Gasteiger charge is 2.12. The van der Waals surface area contributed by atoms with Crippen LogP contribution in [0.1, 0.15) is 10.4 Å². The zero-order valence-electron chi connectivity index (χ0n) is 9.98. The van der Waals surface area contributed by atoms with Gasteiger partial charge in [-0.05, 0) is 40.2 Å². The molecular formula is C13H10BrFN2O2. The molecule has 0 saturated heterocycles. The van der Waals surface area contributed by atoms with Crippen molar-refractivity contribution < 1.29 is 13.9 Å². The monoisotopic (exact) mass is 324 g/mol. The van der Waals surface area contributed by atoms with Crippen molar-refractivity contribution in [3.8, 4) is 5.75 Å². The van der Waals surface area contributed by atoms with Crippen molar-refractivity contribution in [2.75, 3.05) is 12.4 Å². The van der Waals surface area contributed by atoms with Gasteiger partial charge in [0.15, 0.2) is 0 Å². The molecule has 1 aromatic carbocycles. The first-order valence-electron chi connectivity index (χ1n) is 5.36. The van der Waals surface area contributed by atoms with E-state index >= 15 is 0 Å². The molecule has 0 saturated carbocycles. The number of pyridine rings is 1. The lowest BCUT2D eigenvalue weighted by molar-refractivity contribution is 0.102. The quantitative estimate of drug-likeness (QED) is 0.882. The van der Waals surface area contributed by atoms with Crippen LogP contribution in [0.3, 0.4) is 0 Å². The normalized spacial score (nSPS) is 10.1. The van der Waals surface area contributed by atoms with Crippen LogP contribution in [0.2, 0.25) is 0 Å². The van der Waals surface area contributed by atoms with E-state index in [-0.39, 0.29) is 5.56 Å². The predicted molar refractivity (Wildman–Crippen MR) is 72.8 cm³/mol. The molecule has 1 heterocycles. The van der Waals surface area contributed by atoms with Gasteiger partial charge in [0, 0.05) is 6.07 Å². The molecule has 2 aromatic rings. The molecule has 19 heavy (non-hydrogen) atoms. The Labute approximate surface area is 117 Å². The number of anilines is 1. The highest BCUT2D eigenvalue weighted by atomic mass is 79.9. The molecule has 0 aliphatic carbocycles. The summed E-state index contributed by atoms with van der Waals surface area (Å²) in [4.78, 5) is 15.9. The Morgan fingerprint density at radius 2 is 2.16 bits per heavy atom. The largest absolute Gasteiger partial charge is 0.497 e. The van der Waals surface area contributed by atoms with E-state index in [1.807, 2.05) is 0 Å². The summed E-state index contributed by atoms with van der Waals surface area (Å²) >= 11 is 3.19. The van der Waals surface area contributed by atoms with Crippen LogP contribution >= 0.6 is 15.9 Å². The smallest absolute Gasteiger partial charge is 0.258 e. The van der Waals surface area contributed by atoms with Gasteiger partial charge in [0.2, 0.25) is 0 Å². The Hall–Kier alpha value is -1.95. The number of benzene rings is 1. The fourth-order valence-electron chi connectivity index (χ4n) is 1.46. The molecule has 0 bridgehead atoms. The maximum absolute atomic E-state index is 13.7. The van der Waals surface area contributed by atoms with Gasteiger partial charge in [-0.1, -0.05) is 0 Å². The molecule has 0 aliphatic rings. The number of rotatable bonds is 3. The molecule has 0 atom stereocenters. The lowest BCUT2D eigenvalue weighted by Crippen LogP contribution is -2.13. The van der Waals surface area contributed by atoms with Gasteiger partial charge in [-0.2, -0.15) is 0 Å². The molecule has 1 N–H and O–H groups in total. The molecule has 0 fully saturated rings. The second-order valence-electron chi connectivity index (χ2n) is 3.67. The van der Waals surface area contributed by atoms with E-state index in [1.165, 1.54) is 25.4 Å². The molecular weight excluding hydrogens is 315 g/mol. The lowest BCUT2D eigenvalue weighted by atomic mass is 10.2. The first kappa shape index (κ1) is 13.5. The fraction of sp³-hybridized carbons (Fsp3) is 0.0769. The Morgan fingerprint density at radius 1 is 1.37 bits per heavy atom. The summed E-state index contributed by atoms with van der Waals surface area (Å²) in [5.41, 5.74) is 0.437. The van der Waals surface area contributed by atoms with Gasteiger partial charge in [-0.3, -0.25) is 4.79 Å². The standard InChI is InChI=1S/C13H10BrFN2O2/c1-19-9-3-4-10(11(15)6-9)13(18)17-8-2-5-12(14)16-7-8/h2-7H,1H3,(H,17,18). The average Bonchev–Trinajstić information content (AvgIpc) is 2.41. The highest BCUT2D eigenvalue weighted by molar-refractivity contribution is 9.10. The van der Waals surface area contributed by atoms with Gasteiger partial charge in [0.05, 0.1) is 24.6 Å². The number of amides is 1. The van der Waals surface area contributed by atoms with Gasteiger partial charge in [-0.15, -0.1) is 0 Å². The summed E-state index contributed by atoms with van der Waals surface area (Å²) in [5.74, 6) is -0.814. The number of nitrogens with one attached hydrogen (secondary N) is 1. The Kier molecular flexibility index (Phi) is 4.11. The molecule has 0 radical (unpaired) electrons. The lowest BCUT2D eigenvalue weighted by Gasteiger charge is -2.07. The number of hydrogen-bond acceptors (Lipinski definition) is 3. The Bertz CT molecular complexity index is 602. The number of halogens is 2.